The van der Waals surface area contributed by atoms with Gasteiger partial charge < -0.3 is 14.7 Å². The van der Waals surface area contributed by atoms with Crippen molar-refractivity contribution in [2.24, 2.45) is 0 Å². The molecule has 1 aliphatic heterocycles. The van der Waals surface area contributed by atoms with Gasteiger partial charge in [-0.25, -0.2) is 13.2 Å². The Bertz CT molecular complexity index is 1530. The van der Waals surface area contributed by atoms with Gasteiger partial charge in [0.2, 0.25) is 0 Å². The van der Waals surface area contributed by atoms with Crippen molar-refractivity contribution >= 4 is 21.5 Å². The second kappa shape index (κ2) is 10.3. The van der Waals surface area contributed by atoms with Crippen LogP contribution in [0.2, 0.25) is 0 Å². The van der Waals surface area contributed by atoms with Crippen LogP contribution in [0.3, 0.4) is 0 Å². The summed E-state index contributed by atoms with van der Waals surface area (Å²) < 4.78 is 30.5. The predicted molar refractivity (Wildman–Crippen MR) is 148 cm³/mol. The van der Waals surface area contributed by atoms with Gasteiger partial charge in [-0.15, -0.1) is 0 Å². The normalized spacial score (nSPS) is 14.9. The number of fused-ring (bicyclic) bond motifs is 1. The molecule has 0 amide bonds. The largest absolute Gasteiger partial charge is 0.496 e. The van der Waals surface area contributed by atoms with E-state index in [1.54, 1.807) is 24.3 Å². The monoisotopic (exact) mass is 527 g/mol. The number of methoxy groups -OCH3 is 1. The molecule has 0 fully saturated rings. The van der Waals surface area contributed by atoms with E-state index in [1.165, 1.54) is 19.4 Å². The third kappa shape index (κ3) is 5.02. The highest BCUT2D eigenvalue weighted by atomic mass is 32.2. The fourth-order valence-electron chi connectivity index (χ4n) is 5.34. The molecule has 5 rings (SSSR count). The Kier molecular flexibility index (Phi) is 6.95. The summed E-state index contributed by atoms with van der Waals surface area (Å²) in [5.74, 6) is -0.545. The van der Waals surface area contributed by atoms with Crippen LogP contribution in [0.25, 0.3) is 0 Å². The summed E-state index contributed by atoms with van der Waals surface area (Å²) in [7, 11) is -1.87. The first kappa shape index (κ1) is 25.5. The fourth-order valence-corrected chi connectivity index (χ4v) is 6.00. The highest BCUT2D eigenvalue weighted by molar-refractivity contribution is 7.90. The second-order valence-electron chi connectivity index (χ2n) is 9.60. The maximum Gasteiger partial charge on any atom is 0.335 e. The molecule has 1 heterocycles. The average Bonchev–Trinajstić information content (AvgIpc) is 3.27. The Labute approximate surface area is 223 Å². The van der Waals surface area contributed by atoms with E-state index < -0.39 is 15.8 Å². The number of benzene rings is 4. The van der Waals surface area contributed by atoms with Gasteiger partial charge in [0.05, 0.1) is 23.6 Å². The lowest BCUT2D eigenvalue weighted by Gasteiger charge is -2.32. The molecule has 0 bridgehead atoms. The van der Waals surface area contributed by atoms with Gasteiger partial charge in [0.15, 0.2) is 9.84 Å². The molecule has 0 aliphatic carbocycles. The zero-order chi connectivity index (χ0) is 26.9. The minimum atomic E-state index is -3.40. The van der Waals surface area contributed by atoms with E-state index in [0.717, 1.165) is 27.9 Å². The van der Waals surface area contributed by atoms with Gasteiger partial charge in [-0.2, -0.15) is 0 Å². The minimum absolute atomic E-state index is 0.0359. The SMILES string of the molecule is COc1cc(C(=O)O)ccc1CC1CN(C(c2ccccc2)c2ccccc2)c2ccc(S(C)(=O)=O)cc21. The molecule has 4 aromatic rings. The Hall–Kier alpha value is -4.10. The number of aromatic carboxylic acids is 1. The quantitative estimate of drug-likeness (QED) is 0.315. The van der Waals surface area contributed by atoms with E-state index in [2.05, 4.69) is 29.2 Å². The van der Waals surface area contributed by atoms with Gasteiger partial charge >= 0.3 is 5.97 Å². The lowest BCUT2D eigenvalue weighted by atomic mass is 9.92. The minimum Gasteiger partial charge on any atom is -0.496 e. The predicted octanol–water partition coefficient (Wildman–Crippen LogP) is 5.73. The van der Waals surface area contributed by atoms with Crippen molar-refractivity contribution < 1.29 is 23.1 Å². The summed E-state index contributed by atoms with van der Waals surface area (Å²) in [5, 5.41) is 9.41. The first-order chi connectivity index (χ1) is 18.3. The van der Waals surface area contributed by atoms with Crippen molar-refractivity contribution in [2.75, 3.05) is 24.8 Å². The van der Waals surface area contributed by atoms with E-state index in [4.69, 9.17) is 4.74 Å². The van der Waals surface area contributed by atoms with Crippen LogP contribution in [0.4, 0.5) is 5.69 Å². The molecule has 38 heavy (non-hydrogen) atoms. The molecule has 0 saturated heterocycles. The first-order valence-electron chi connectivity index (χ1n) is 12.4. The number of anilines is 1. The number of ether oxygens (including phenoxy) is 1. The molecule has 0 spiro atoms. The fraction of sp³-hybridized carbons (Fsp3) is 0.194. The van der Waals surface area contributed by atoms with Gasteiger partial charge in [-0.1, -0.05) is 66.7 Å². The summed E-state index contributed by atoms with van der Waals surface area (Å²) in [6.07, 6.45) is 1.79. The Morgan fingerprint density at radius 3 is 2.13 bits per heavy atom. The van der Waals surface area contributed by atoms with Gasteiger partial charge in [-0.3, -0.25) is 0 Å². The second-order valence-corrected chi connectivity index (χ2v) is 11.6. The number of carboxylic acid groups (broad SMARTS) is 1. The third-order valence-corrected chi connectivity index (χ3v) is 8.25. The van der Waals surface area contributed by atoms with Crippen molar-refractivity contribution in [3.05, 3.63) is 125 Å². The van der Waals surface area contributed by atoms with Crippen LogP contribution in [-0.2, 0) is 16.3 Å². The maximum atomic E-state index is 12.5. The molecule has 0 saturated carbocycles. The lowest BCUT2D eigenvalue weighted by molar-refractivity contribution is 0.0696. The van der Waals surface area contributed by atoms with Crippen LogP contribution in [-0.4, -0.2) is 39.4 Å². The third-order valence-electron chi connectivity index (χ3n) is 7.14. The van der Waals surface area contributed by atoms with Gasteiger partial charge in [0.1, 0.15) is 5.75 Å². The van der Waals surface area contributed by atoms with E-state index in [0.29, 0.717) is 18.7 Å². The number of carboxylic acids is 1. The van der Waals surface area contributed by atoms with Crippen molar-refractivity contribution in [2.45, 2.75) is 23.3 Å². The summed E-state index contributed by atoms with van der Waals surface area (Å²) >= 11 is 0. The van der Waals surface area contributed by atoms with Gasteiger partial charge in [0, 0.05) is 24.4 Å². The number of hydrogen-bond donors (Lipinski definition) is 1. The summed E-state index contributed by atoms with van der Waals surface area (Å²) in [6, 6.07) is 30.8. The Balaban J connectivity index is 1.62. The molecule has 0 aromatic heterocycles. The lowest BCUT2D eigenvalue weighted by Crippen LogP contribution is -2.29. The number of nitrogens with zero attached hydrogens (tertiary/aromatic N) is 1. The van der Waals surface area contributed by atoms with E-state index >= 15 is 0 Å². The molecule has 194 valence electrons. The molecule has 1 atom stereocenters. The van der Waals surface area contributed by atoms with E-state index in [9.17, 15) is 18.3 Å². The smallest absolute Gasteiger partial charge is 0.335 e. The summed E-state index contributed by atoms with van der Waals surface area (Å²) in [5.41, 5.74) is 5.25. The molecule has 6 nitrogen and oxygen atoms in total. The standard InChI is InChI=1S/C31H29NO5S/c1-37-29-18-24(31(33)34)14-13-23(29)17-25-20-32(28-16-15-26(19-27(25)28)38(2,35)36)30(21-9-5-3-6-10-21)22-11-7-4-8-12-22/h3-16,18-19,25,30H,17,20H2,1-2H3,(H,33,34). The van der Waals surface area contributed by atoms with Crippen molar-refractivity contribution in [1.82, 2.24) is 0 Å². The van der Waals surface area contributed by atoms with Crippen LogP contribution >= 0.6 is 0 Å². The van der Waals surface area contributed by atoms with Crippen molar-refractivity contribution in [3.63, 3.8) is 0 Å². The summed E-state index contributed by atoms with van der Waals surface area (Å²) in [6.45, 7) is 0.654. The number of hydrogen-bond acceptors (Lipinski definition) is 5. The van der Waals surface area contributed by atoms with Crippen molar-refractivity contribution in [3.8, 4) is 5.75 Å². The molecule has 1 N–H and O–H groups in total. The van der Waals surface area contributed by atoms with Crippen LogP contribution in [0.1, 0.15) is 44.6 Å². The number of rotatable bonds is 8. The number of carbonyl (C=O) groups is 1. The summed E-state index contributed by atoms with van der Waals surface area (Å²) in [4.78, 5) is 14.1. The first-order valence-corrected chi connectivity index (χ1v) is 14.3. The van der Waals surface area contributed by atoms with Crippen LogP contribution in [0.5, 0.6) is 5.75 Å². The molecule has 1 unspecified atom stereocenters. The Morgan fingerprint density at radius 1 is 0.947 bits per heavy atom. The zero-order valence-corrected chi connectivity index (χ0v) is 22.1. The molecular weight excluding hydrogens is 498 g/mol. The van der Waals surface area contributed by atoms with Crippen LogP contribution < -0.4 is 9.64 Å². The van der Waals surface area contributed by atoms with Crippen LogP contribution in [0, 0.1) is 0 Å². The van der Waals surface area contributed by atoms with E-state index in [1.807, 2.05) is 42.5 Å². The molecule has 7 heteroatoms. The molecule has 4 aromatic carbocycles. The molecule has 0 radical (unpaired) electrons. The zero-order valence-electron chi connectivity index (χ0n) is 21.2. The van der Waals surface area contributed by atoms with Gasteiger partial charge in [0.25, 0.3) is 0 Å². The highest BCUT2D eigenvalue weighted by Gasteiger charge is 2.35. The highest BCUT2D eigenvalue weighted by Crippen LogP contribution is 2.46. The topological polar surface area (TPSA) is 83.9 Å². The molecular formula is C31H29NO5S. The van der Waals surface area contributed by atoms with Crippen molar-refractivity contribution in [1.29, 1.82) is 0 Å². The Morgan fingerprint density at radius 2 is 1.58 bits per heavy atom. The van der Waals surface area contributed by atoms with E-state index in [-0.39, 0.29) is 22.4 Å². The average molecular weight is 528 g/mol. The van der Waals surface area contributed by atoms with Crippen LogP contribution in [0.15, 0.2) is 102 Å². The number of sulfone groups is 1. The molecule has 1 aliphatic rings. The van der Waals surface area contributed by atoms with Gasteiger partial charge in [-0.05, 0) is 59.0 Å². The maximum absolute atomic E-state index is 12.5.